The standard InChI is InChI=1S/C16H20BrNO4/c1-10-7-18(8-11(2)22-10)16(20)9-21-15-6-13(17)4-5-14(15)12(3)19/h4-6,10-11H,7-9H2,1-3H3. The topological polar surface area (TPSA) is 55.8 Å². The highest BCUT2D eigenvalue weighted by atomic mass is 79.9. The van der Waals surface area contributed by atoms with Gasteiger partial charge in [-0.25, -0.2) is 0 Å². The van der Waals surface area contributed by atoms with Crippen molar-refractivity contribution in [2.24, 2.45) is 0 Å². The van der Waals surface area contributed by atoms with Crippen molar-refractivity contribution in [1.82, 2.24) is 4.90 Å². The molecule has 1 fully saturated rings. The number of nitrogens with zero attached hydrogens (tertiary/aromatic N) is 1. The Balaban J connectivity index is 2.02. The van der Waals surface area contributed by atoms with Crippen molar-refractivity contribution in [1.29, 1.82) is 0 Å². The zero-order valence-electron chi connectivity index (χ0n) is 13.0. The van der Waals surface area contributed by atoms with Gasteiger partial charge in [0.2, 0.25) is 0 Å². The Kier molecular flexibility index (Phi) is 5.58. The van der Waals surface area contributed by atoms with Crippen LogP contribution >= 0.6 is 15.9 Å². The van der Waals surface area contributed by atoms with Crippen molar-refractivity contribution in [2.75, 3.05) is 19.7 Å². The molecular weight excluding hydrogens is 350 g/mol. The molecule has 0 spiro atoms. The molecule has 0 aromatic heterocycles. The lowest BCUT2D eigenvalue weighted by Crippen LogP contribution is -2.49. The van der Waals surface area contributed by atoms with E-state index in [0.717, 1.165) is 4.47 Å². The molecule has 1 aliphatic rings. The van der Waals surface area contributed by atoms with Crippen LogP contribution in [-0.4, -0.2) is 48.5 Å². The number of hydrogen-bond donors (Lipinski definition) is 0. The Hall–Kier alpha value is -1.40. The van der Waals surface area contributed by atoms with Crippen LogP contribution in [0.15, 0.2) is 22.7 Å². The maximum absolute atomic E-state index is 12.3. The van der Waals surface area contributed by atoms with Crippen molar-refractivity contribution in [3.63, 3.8) is 0 Å². The molecule has 0 radical (unpaired) electrons. The van der Waals surface area contributed by atoms with Crippen LogP contribution in [0.25, 0.3) is 0 Å². The average Bonchev–Trinajstić information content (AvgIpc) is 2.43. The van der Waals surface area contributed by atoms with Gasteiger partial charge in [0.1, 0.15) is 5.75 Å². The molecule has 1 saturated heterocycles. The van der Waals surface area contributed by atoms with Gasteiger partial charge in [0.15, 0.2) is 12.4 Å². The first-order valence-electron chi connectivity index (χ1n) is 7.23. The lowest BCUT2D eigenvalue weighted by molar-refractivity contribution is -0.145. The van der Waals surface area contributed by atoms with Gasteiger partial charge in [0.25, 0.3) is 5.91 Å². The summed E-state index contributed by atoms with van der Waals surface area (Å²) in [5, 5.41) is 0. The first-order chi connectivity index (χ1) is 10.4. The molecule has 120 valence electrons. The predicted molar refractivity (Wildman–Crippen MR) is 86.2 cm³/mol. The van der Waals surface area contributed by atoms with Gasteiger partial charge in [0, 0.05) is 17.6 Å². The van der Waals surface area contributed by atoms with E-state index in [9.17, 15) is 9.59 Å². The van der Waals surface area contributed by atoms with Crippen LogP contribution in [0.5, 0.6) is 5.75 Å². The Morgan fingerprint density at radius 1 is 1.32 bits per heavy atom. The Morgan fingerprint density at radius 2 is 1.95 bits per heavy atom. The molecule has 1 amide bonds. The van der Waals surface area contributed by atoms with E-state index in [1.165, 1.54) is 6.92 Å². The monoisotopic (exact) mass is 369 g/mol. The van der Waals surface area contributed by atoms with Crippen LogP contribution < -0.4 is 4.74 Å². The predicted octanol–water partition coefficient (Wildman–Crippen LogP) is 2.67. The molecule has 5 nitrogen and oxygen atoms in total. The zero-order chi connectivity index (χ0) is 16.3. The number of Topliss-reactive ketones (excluding diaryl/α,β-unsaturated/α-hetero) is 1. The highest BCUT2D eigenvalue weighted by Gasteiger charge is 2.26. The Bertz CT molecular complexity index is 565. The van der Waals surface area contributed by atoms with Gasteiger partial charge in [-0.3, -0.25) is 9.59 Å². The fraction of sp³-hybridized carbons (Fsp3) is 0.500. The second-order valence-corrected chi connectivity index (χ2v) is 6.46. The minimum atomic E-state index is -0.100. The van der Waals surface area contributed by atoms with E-state index in [4.69, 9.17) is 9.47 Å². The first-order valence-corrected chi connectivity index (χ1v) is 8.02. The average molecular weight is 370 g/mol. The van der Waals surface area contributed by atoms with Gasteiger partial charge < -0.3 is 14.4 Å². The summed E-state index contributed by atoms with van der Waals surface area (Å²) >= 11 is 3.34. The number of carbonyl (C=O) groups is 2. The number of carbonyl (C=O) groups excluding carboxylic acids is 2. The van der Waals surface area contributed by atoms with Crippen LogP contribution in [0.1, 0.15) is 31.1 Å². The summed E-state index contributed by atoms with van der Waals surface area (Å²) in [7, 11) is 0. The molecule has 2 rings (SSSR count). The number of halogens is 1. The van der Waals surface area contributed by atoms with E-state index >= 15 is 0 Å². The fourth-order valence-corrected chi connectivity index (χ4v) is 2.86. The number of ketones is 1. The van der Waals surface area contributed by atoms with Crippen molar-refractivity contribution in [3.05, 3.63) is 28.2 Å². The molecule has 1 aliphatic heterocycles. The van der Waals surface area contributed by atoms with Gasteiger partial charge in [-0.05, 0) is 39.0 Å². The van der Waals surface area contributed by atoms with E-state index in [0.29, 0.717) is 24.4 Å². The Morgan fingerprint density at radius 3 is 2.55 bits per heavy atom. The molecule has 1 aromatic carbocycles. The molecule has 22 heavy (non-hydrogen) atoms. The molecule has 1 heterocycles. The van der Waals surface area contributed by atoms with Crippen LogP contribution in [0.2, 0.25) is 0 Å². The van der Waals surface area contributed by atoms with Gasteiger partial charge in [0.05, 0.1) is 17.8 Å². The third-order valence-corrected chi connectivity index (χ3v) is 3.94. The van der Waals surface area contributed by atoms with E-state index in [1.807, 2.05) is 13.8 Å². The smallest absolute Gasteiger partial charge is 0.260 e. The number of benzene rings is 1. The lowest BCUT2D eigenvalue weighted by atomic mass is 10.1. The SMILES string of the molecule is CC(=O)c1ccc(Br)cc1OCC(=O)N1CC(C)OC(C)C1. The summed E-state index contributed by atoms with van der Waals surface area (Å²) in [5.74, 6) is 0.227. The number of rotatable bonds is 4. The maximum atomic E-state index is 12.3. The lowest BCUT2D eigenvalue weighted by Gasteiger charge is -2.35. The second kappa shape index (κ2) is 7.24. The molecule has 2 unspecified atom stereocenters. The van der Waals surface area contributed by atoms with Crippen molar-refractivity contribution in [2.45, 2.75) is 33.0 Å². The highest BCUT2D eigenvalue weighted by Crippen LogP contribution is 2.24. The number of morpholine rings is 1. The third kappa shape index (κ3) is 4.30. The van der Waals surface area contributed by atoms with Gasteiger partial charge in [-0.1, -0.05) is 15.9 Å². The fourth-order valence-electron chi connectivity index (χ4n) is 2.52. The van der Waals surface area contributed by atoms with E-state index in [1.54, 1.807) is 23.1 Å². The zero-order valence-corrected chi connectivity index (χ0v) is 14.6. The summed E-state index contributed by atoms with van der Waals surface area (Å²) in [6, 6.07) is 5.16. The summed E-state index contributed by atoms with van der Waals surface area (Å²) in [6.07, 6.45) is 0.0395. The summed E-state index contributed by atoms with van der Waals surface area (Å²) in [5.41, 5.74) is 0.472. The van der Waals surface area contributed by atoms with Crippen LogP contribution in [0, 0.1) is 0 Å². The van der Waals surface area contributed by atoms with Crippen LogP contribution in [0.4, 0.5) is 0 Å². The third-order valence-electron chi connectivity index (χ3n) is 3.45. The Labute approximate surface area is 138 Å². The van der Waals surface area contributed by atoms with Gasteiger partial charge in [-0.2, -0.15) is 0 Å². The van der Waals surface area contributed by atoms with Gasteiger partial charge >= 0.3 is 0 Å². The summed E-state index contributed by atoms with van der Waals surface area (Å²) in [6.45, 7) is 6.40. The van der Waals surface area contributed by atoms with Crippen molar-refractivity contribution < 1.29 is 19.1 Å². The molecule has 1 aromatic rings. The minimum absolute atomic E-state index is 0.0198. The first kappa shape index (κ1) is 17.0. The van der Waals surface area contributed by atoms with E-state index in [2.05, 4.69) is 15.9 Å². The number of amides is 1. The molecule has 0 aliphatic carbocycles. The molecule has 0 N–H and O–H groups in total. The minimum Gasteiger partial charge on any atom is -0.483 e. The second-order valence-electron chi connectivity index (χ2n) is 5.54. The summed E-state index contributed by atoms with van der Waals surface area (Å²) in [4.78, 5) is 25.6. The maximum Gasteiger partial charge on any atom is 0.260 e. The van der Waals surface area contributed by atoms with Crippen molar-refractivity contribution in [3.8, 4) is 5.75 Å². The van der Waals surface area contributed by atoms with Crippen molar-refractivity contribution >= 4 is 27.6 Å². The molecule has 6 heteroatoms. The highest BCUT2D eigenvalue weighted by molar-refractivity contribution is 9.10. The number of hydrogen-bond acceptors (Lipinski definition) is 4. The van der Waals surface area contributed by atoms with Crippen LogP contribution in [-0.2, 0) is 9.53 Å². The van der Waals surface area contributed by atoms with Crippen LogP contribution in [0.3, 0.4) is 0 Å². The molecule has 2 atom stereocenters. The quantitative estimate of drug-likeness (QED) is 0.765. The molecule has 0 saturated carbocycles. The normalized spacial score (nSPS) is 21.5. The van der Waals surface area contributed by atoms with E-state index < -0.39 is 0 Å². The summed E-state index contributed by atoms with van der Waals surface area (Å²) < 4.78 is 12.0. The van der Waals surface area contributed by atoms with Gasteiger partial charge in [-0.15, -0.1) is 0 Å². The number of ether oxygens (including phenoxy) is 2. The largest absolute Gasteiger partial charge is 0.483 e. The molecular formula is C16H20BrNO4. The molecule has 0 bridgehead atoms. The van der Waals surface area contributed by atoms with E-state index in [-0.39, 0.29) is 30.5 Å².